The minimum Gasteiger partial charge on any atom is -0.508 e. The highest BCUT2D eigenvalue weighted by Crippen LogP contribution is 2.42. The highest BCUT2D eigenvalue weighted by atomic mass is 16.7. The monoisotopic (exact) mass is 824 g/mol. The number of ether oxygens (including phenoxy) is 5. The number of aliphatic hydroxyl groups excluding tert-OH is 7. The number of allylic oxidation sites excluding steroid dienone is 4. The molecule has 0 radical (unpaired) electrons. The number of phenols is 2. The first-order chi connectivity index (χ1) is 27.7. The number of rotatable bonds is 22. The van der Waals surface area contributed by atoms with Gasteiger partial charge in [0.1, 0.15) is 66.9 Å². The van der Waals surface area contributed by atoms with Crippen LogP contribution in [0.4, 0.5) is 0 Å². The van der Waals surface area contributed by atoms with Gasteiger partial charge in [0, 0.05) is 24.1 Å². The maximum Gasteiger partial charge on any atom is 0.331 e. The van der Waals surface area contributed by atoms with Crippen molar-refractivity contribution < 1.29 is 79.2 Å². The third-order valence-electron chi connectivity index (χ3n) is 10.5. The smallest absolute Gasteiger partial charge is 0.331 e. The summed E-state index contributed by atoms with van der Waals surface area (Å²) >= 11 is 0. The van der Waals surface area contributed by atoms with Gasteiger partial charge in [-0.15, -0.1) is 0 Å². The third kappa shape index (κ3) is 14.1. The van der Waals surface area contributed by atoms with Crippen molar-refractivity contribution in [1.29, 1.82) is 0 Å². The Kier molecular flexibility index (Phi) is 20.8. The number of carbonyl (C=O) groups excluding carboxylic acids is 2. The van der Waals surface area contributed by atoms with Gasteiger partial charge in [-0.25, -0.2) is 4.79 Å². The van der Waals surface area contributed by atoms with E-state index in [-0.39, 0.29) is 23.5 Å². The fourth-order valence-corrected chi connectivity index (χ4v) is 6.69. The molecule has 9 N–H and O–H groups in total. The molecule has 16 nitrogen and oxygen atoms in total. The Morgan fingerprint density at radius 1 is 0.897 bits per heavy atom. The van der Waals surface area contributed by atoms with Crippen LogP contribution in [0.5, 0.6) is 11.5 Å². The van der Waals surface area contributed by atoms with Crippen LogP contribution in [0.1, 0.15) is 96.3 Å². The van der Waals surface area contributed by atoms with Gasteiger partial charge >= 0.3 is 11.9 Å². The Morgan fingerprint density at radius 2 is 1.64 bits per heavy atom. The summed E-state index contributed by atoms with van der Waals surface area (Å²) in [5, 5.41) is 95.7. The normalized spacial score (nSPS) is 29.5. The predicted octanol–water partition coefficient (Wildman–Crippen LogP) is 2.49. The molecule has 4 unspecified atom stereocenters. The lowest BCUT2D eigenvalue weighted by Gasteiger charge is -2.47. The first-order valence-corrected chi connectivity index (χ1v) is 20.2. The number of carbonyl (C=O) groups is 2. The lowest BCUT2D eigenvalue weighted by molar-refractivity contribution is -0.343. The summed E-state index contributed by atoms with van der Waals surface area (Å²) in [4.78, 5) is 25.4. The summed E-state index contributed by atoms with van der Waals surface area (Å²) < 4.78 is 28.5. The largest absolute Gasteiger partial charge is 0.508 e. The number of benzene rings is 1. The molecule has 13 atom stereocenters. The molecule has 0 spiro atoms. The molecule has 58 heavy (non-hydrogen) atoms. The zero-order valence-corrected chi connectivity index (χ0v) is 33.8. The summed E-state index contributed by atoms with van der Waals surface area (Å²) in [6.07, 6.45) is -2.17. The van der Waals surface area contributed by atoms with Gasteiger partial charge in [-0.05, 0) is 55.6 Å². The predicted molar refractivity (Wildman–Crippen MR) is 209 cm³/mol. The van der Waals surface area contributed by atoms with E-state index in [1.807, 2.05) is 13.8 Å². The van der Waals surface area contributed by atoms with Crippen LogP contribution in [0.25, 0.3) is 0 Å². The van der Waals surface area contributed by atoms with Crippen LogP contribution in [0.3, 0.4) is 0 Å². The number of esters is 2. The van der Waals surface area contributed by atoms with Gasteiger partial charge in [0.05, 0.1) is 19.3 Å². The summed E-state index contributed by atoms with van der Waals surface area (Å²) in [6, 6.07) is 2.06. The van der Waals surface area contributed by atoms with Crippen LogP contribution >= 0.6 is 0 Å². The summed E-state index contributed by atoms with van der Waals surface area (Å²) in [6.45, 7) is 6.07. The van der Waals surface area contributed by atoms with Gasteiger partial charge in [-0.1, -0.05) is 70.9 Å². The standard InChI is InChI=1S/C42H64O16/c1-5-7-17-32(48)54-23-31-35(50)36(51)37(52)42(56-31)58-39-30(22-44)55-40(34-26(21-43)19-27(45)20-29(34)47)38(53)41(39)57-33(49)18-13-9-12-16-28(46)25(4)15-11-8-10-14-24(3)6-2/h9-10,12-14,18-20,24-25,28,30-31,35-47,50-53H,5-8,11,15-17,21-23H2,1-4H3/b12-9+,14-10+,18-13+/t24?,25?,28?,30-,31-,35+,36+,37-,38+,39-,40?,41-,42+/m1/s1. The van der Waals surface area contributed by atoms with E-state index >= 15 is 0 Å². The summed E-state index contributed by atoms with van der Waals surface area (Å²) in [7, 11) is 0. The number of unbranched alkanes of at least 4 members (excludes halogenated alkanes) is 2. The van der Waals surface area contributed by atoms with E-state index in [9.17, 15) is 55.5 Å². The molecule has 0 amide bonds. The number of aliphatic hydroxyl groups is 7. The Balaban J connectivity index is 1.80. The Hall–Kier alpha value is -3.42. The van der Waals surface area contributed by atoms with Crippen molar-refractivity contribution in [2.75, 3.05) is 13.2 Å². The Morgan fingerprint density at radius 3 is 2.31 bits per heavy atom. The summed E-state index contributed by atoms with van der Waals surface area (Å²) in [5.41, 5.74) is -0.237. The molecule has 1 aromatic rings. The van der Waals surface area contributed by atoms with E-state index in [1.165, 1.54) is 12.2 Å². The van der Waals surface area contributed by atoms with Gasteiger partial charge in [-0.3, -0.25) is 4.79 Å². The van der Waals surface area contributed by atoms with Gasteiger partial charge in [0.25, 0.3) is 0 Å². The van der Waals surface area contributed by atoms with Crippen LogP contribution in [0.2, 0.25) is 0 Å². The Labute approximate surface area is 340 Å². The van der Waals surface area contributed by atoms with E-state index in [0.29, 0.717) is 18.8 Å². The molecule has 16 heteroatoms. The second-order valence-corrected chi connectivity index (χ2v) is 15.1. The topological polar surface area (TPSA) is 262 Å². The Bertz CT molecular complexity index is 1500. The molecule has 0 aliphatic carbocycles. The highest BCUT2D eigenvalue weighted by Gasteiger charge is 2.53. The van der Waals surface area contributed by atoms with E-state index in [2.05, 4.69) is 26.0 Å². The van der Waals surface area contributed by atoms with Crippen LogP contribution < -0.4 is 0 Å². The van der Waals surface area contributed by atoms with Crippen molar-refractivity contribution in [3.63, 3.8) is 0 Å². The van der Waals surface area contributed by atoms with Crippen molar-refractivity contribution in [3.8, 4) is 11.5 Å². The van der Waals surface area contributed by atoms with Crippen LogP contribution in [-0.2, 0) is 39.9 Å². The average molecular weight is 825 g/mol. The molecule has 2 fully saturated rings. The molecule has 1 aromatic carbocycles. The highest BCUT2D eigenvalue weighted by molar-refractivity contribution is 5.82. The fraction of sp³-hybridized carbons (Fsp3) is 0.667. The molecule has 328 valence electrons. The molecule has 2 heterocycles. The fourth-order valence-electron chi connectivity index (χ4n) is 6.69. The molecule has 2 saturated heterocycles. The summed E-state index contributed by atoms with van der Waals surface area (Å²) in [5.74, 6) is -2.00. The lowest BCUT2D eigenvalue weighted by Crippen LogP contribution is -2.64. The number of phenolic OH excluding ortho intramolecular Hbond substituents is 2. The van der Waals surface area contributed by atoms with E-state index in [1.54, 1.807) is 6.08 Å². The second kappa shape index (κ2) is 24.6. The quantitative estimate of drug-likeness (QED) is 0.0267. The molecule has 0 aromatic heterocycles. The minimum absolute atomic E-state index is 0.0430. The van der Waals surface area contributed by atoms with Crippen LogP contribution in [0.15, 0.2) is 48.6 Å². The van der Waals surface area contributed by atoms with E-state index in [4.69, 9.17) is 23.7 Å². The van der Waals surface area contributed by atoms with Crippen molar-refractivity contribution in [2.45, 2.75) is 153 Å². The van der Waals surface area contributed by atoms with Gasteiger partial charge in [0.15, 0.2) is 12.4 Å². The molecular weight excluding hydrogens is 760 g/mol. The maximum absolute atomic E-state index is 13.2. The number of hydrogen-bond donors (Lipinski definition) is 9. The van der Waals surface area contributed by atoms with Gasteiger partial charge < -0.3 is 69.6 Å². The molecule has 3 rings (SSSR count). The molecular formula is C42H64O16. The van der Waals surface area contributed by atoms with E-state index < -0.39 is 111 Å². The molecule has 2 aliphatic rings. The SMILES string of the molecule is CCCCC(=O)OC[C@H]1O[C@@H](O[C@H]2[C@H](OC(=O)/C=C/C=C/CC(O)C(C)CCC/C=C/C(C)CC)[C@@H](O)C(c3c(O)cc(O)cc3CO)O[C@@H]2CO)[C@H](O)[C@@H](O)[C@H]1O. The second-order valence-electron chi connectivity index (χ2n) is 15.1. The third-order valence-corrected chi connectivity index (χ3v) is 10.5. The zero-order chi connectivity index (χ0) is 42.9. The molecule has 0 saturated carbocycles. The maximum atomic E-state index is 13.2. The first kappa shape index (κ1) is 48.9. The van der Waals surface area contributed by atoms with Gasteiger partial charge in [0.2, 0.25) is 0 Å². The van der Waals surface area contributed by atoms with Crippen molar-refractivity contribution in [3.05, 3.63) is 59.7 Å². The molecule has 2 aliphatic heterocycles. The minimum atomic E-state index is -1.93. The first-order valence-electron chi connectivity index (χ1n) is 20.2. The van der Waals surface area contributed by atoms with Crippen molar-refractivity contribution in [2.24, 2.45) is 11.8 Å². The van der Waals surface area contributed by atoms with Gasteiger partial charge in [-0.2, -0.15) is 0 Å². The van der Waals surface area contributed by atoms with Crippen molar-refractivity contribution >= 4 is 11.9 Å². The van der Waals surface area contributed by atoms with Crippen molar-refractivity contribution in [1.82, 2.24) is 0 Å². The lowest BCUT2D eigenvalue weighted by atomic mass is 9.88. The average Bonchev–Trinajstić information content (AvgIpc) is 3.20. The zero-order valence-electron chi connectivity index (χ0n) is 33.8. The number of hydrogen-bond acceptors (Lipinski definition) is 16. The van der Waals surface area contributed by atoms with Crippen LogP contribution in [0, 0.1) is 11.8 Å². The van der Waals surface area contributed by atoms with Crippen LogP contribution in [-0.4, -0.2) is 132 Å². The number of aromatic hydroxyl groups is 2. The molecule has 0 bridgehead atoms. The van der Waals surface area contributed by atoms with E-state index in [0.717, 1.165) is 50.3 Å².